The molecule has 0 heterocycles. The van der Waals surface area contributed by atoms with Crippen LogP contribution in [0.2, 0.25) is 0 Å². The van der Waals surface area contributed by atoms with Gasteiger partial charge in [-0.1, -0.05) is 147 Å². The van der Waals surface area contributed by atoms with Gasteiger partial charge in [-0.2, -0.15) is 0 Å². The van der Waals surface area contributed by atoms with E-state index in [1.54, 1.807) is 0 Å². The van der Waals surface area contributed by atoms with Crippen molar-refractivity contribution in [3.63, 3.8) is 0 Å². The van der Waals surface area contributed by atoms with Gasteiger partial charge in [-0.15, -0.1) is 0 Å². The Morgan fingerprint density at radius 2 is 0.947 bits per heavy atom. The fraction of sp³-hybridized carbons (Fsp3) is 0.886. The van der Waals surface area contributed by atoms with Gasteiger partial charge in [0.2, 0.25) is 0 Å². The molecule has 1 saturated carbocycles. The summed E-state index contributed by atoms with van der Waals surface area (Å²) in [5.74, 6) is -0.484. The molecule has 0 bridgehead atoms. The van der Waals surface area contributed by atoms with Crippen molar-refractivity contribution in [2.45, 2.75) is 230 Å². The summed E-state index contributed by atoms with van der Waals surface area (Å²) in [7, 11) is -5.01. The molecule has 0 saturated heterocycles. The smallest absolute Gasteiger partial charge is 0.457 e. The van der Waals surface area contributed by atoms with Crippen LogP contribution in [0.1, 0.15) is 187 Å². The second-order valence-corrected chi connectivity index (χ2v) is 17.3. The van der Waals surface area contributed by atoms with Crippen LogP contribution < -0.4 is 0 Å². The van der Waals surface area contributed by atoms with Crippen LogP contribution in [-0.4, -0.2) is 98.9 Å². The zero-order valence-corrected chi connectivity index (χ0v) is 36.5. The number of phosphoric acid groups is 1. The van der Waals surface area contributed by atoms with Gasteiger partial charge in [0.05, 0.1) is 13.2 Å². The van der Waals surface area contributed by atoms with Crippen LogP contribution >= 0.6 is 7.82 Å². The van der Waals surface area contributed by atoms with E-state index in [1.165, 1.54) is 96.3 Å². The molecule has 1 aliphatic carbocycles. The van der Waals surface area contributed by atoms with Gasteiger partial charge in [-0.3, -0.25) is 13.8 Å². The Hall–Kier alpha value is -1.18. The summed E-state index contributed by atoms with van der Waals surface area (Å²) in [5, 5.41) is 50.1. The predicted octanol–water partition coefficient (Wildman–Crippen LogP) is 8.92. The summed E-state index contributed by atoms with van der Waals surface area (Å²) >= 11 is 0. The minimum Gasteiger partial charge on any atom is -0.457 e. The Morgan fingerprint density at radius 3 is 1.44 bits per heavy atom. The lowest BCUT2D eigenvalue weighted by Crippen LogP contribution is -2.64. The lowest BCUT2D eigenvalue weighted by molar-refractivity contribution is -0.220. The lowest BCUT2D eigenvalue weighted by Gasteiger charge is -2.41. The highest BCUT2D eigenvalue weighted by Gasteiger charge is 2.51. The minimum absolute atomic E-state index is 0.0806. The van der Waals surface area contributed by atoms with E-state index in [0.29, 0.717) is 13.0 Å². The molecule has 0 amide bonds. The van der Waals surface area contributed by atoms with Crippen molar-refractivity contribution in [2.24, 2.45) is 0 Å². The third-order valence-electron chi connectivity index (χ3n) is 10.5. The Balaban J connectivity index is 2.39. The number of hydrogen-bond acceptors (Lipinski definition) is 11. The second kappa shape index (κ2) is 35.6. The maximum atomic E-state index is 12.8. The first kappa shape index (κ1) is 53.8. The van der Waals surface area contributed by atoms with Gasteiger partial charge in [-0.05, 0) is 57.8 Å². The number of aliphatic hydroxyl groups excluding tert-OH is 5. The molecule has 12 nitrogen and oxygen atoms in total. The molecule has 6 N–H and O–H groups in total. The zero-order valence-electron chi connectivity index (χ0n) is 35.6. The molecule has 6 unspecified atom stereocenters. The first-order valence-corrected chi connectivity index (χ1v) is 24.2. The van der Waals surface area contributed by atoms with Crippen LogP contribution in [0.25, 0.3) is 0 Å². The average molecular weight is 835 g/mol. The van der Waals surface area contributed by atoms with Crippen molar-refractivity contribution < 1.29 is 58.3 Å². The van der Waals surface area contributed by atoms with Crippen LogP contribution in [0.5, 0.6) is 0 Å². The van der Waals surface area contributed by atoms with E-state index in [1.807, 2.05) is 0 Å². The molecule has 6 atom stereocenters. The van der Waals surface area contributed by atoms with E-state index in [4.69, 9.17) is 18.5 Å². The molecule has 336 valence electrons. The minimum atomic E-state index is -5.01. The molecule has 0 aromatic rings. The molecule has 57 heavy (non-hydrogen) atoms. The van der Waals surface area contributed by atoms with Crippen molar-refractivity contribution in [1.82, 2.24) is 0 Å². The third-order valence-corrected chi connectivity index (χ3v) is 11.5. The zero-order chi connectivity index (χ0) is 42.0. The molecule has 0 radical (unpaired) electrons. The normalized spacial score (nSPS) is 23.0. The number of esters is 1. The van der Waals surface area contributed by atoms with E-state index in [0.717, 1.165) is 64.2 Å². The average Bonchev–Trinajstić information content (AvgIpc) is 3.19. The Labute approximate surface area is 345 Å². The molecule has 0 spiro atoms. The largest absolute Gasteiger partial charge is 0.472 e. The summed E-state index contributed by atoms with van der Waals surface area (Å²) < 4.78 is 34.1. The van der Waals surface area contributed by atoms with Crippen molar-refractivity contribution in [2.75, 3.05) is 19.8 Å². The fourth-order valence-corrected chi connectivity index (χ4v) is 7.83. The molecule has 0 aromatic carbocycles. The predicted molar refractivity (Wildman–Crippen MR) is 226 cm³/mol. The molecule has 0 aromatic heterocycles. The summed E-state index contributed by atoms with van der Waals surface area (Å²) in [5.41, 5.74) is 0. The van der Waals surface area contributed by atoms with E-state index in [9.17, 15) is 39.8 Å². The molecule has 13 heteroatoms. The summed E-state index contributed by atoms with van der Waals surface area (Å²) in [4.78, 5) is 23.1. The van der Waals surface area contributed by atoms with E-state index in [2.05, 4.69) is 38.2 Å². The summed E-state index contributed by atoms with van der Waals surface area (Å²) in [6.07, 6.45) is 26.8. The SMILES string of the molecule is CCCC/C=C\CCCCCCCCOCC(COP(=O)(O)OC1C(O)C(O)C(O)C(O)C1O)OC(=O)CCCCCCCCC/C=C\CCCCCCCCC. The van der Waals surface area contributed by atoms with E-state index < -0.39 is 63.1 Å². The van der Waals surface area contributed by atoms with Crippen LogP contribution in [-0.2, 0) is 27.9 Å². The van der Waals surface area contributed by atoms with Gasteiger partial charge in [-0.25, -0.2) is 4.57 Å². The van der Waals surface area contributed by atoms with Gasteiger partial charge >= 0.3 is 13.8 Å². The molecular weight excluding hydrogens is 751 g/mol. The molecule has 1 rings (SSSR count). The molecule has 1 aliphatic rings. The number of unbranched alkanes of at least 4 members (excludes halogenated alkanes) is 22. The highest BCUT2D eigenvalue weighted by Crippen LogP contribution is 2.47. The van der Waals surface area contributed by atoms with Gasteiger partial charge in [0, 0.05) is 13.0 Å². The van der Waals surface area contributed by atoms with Crippen molar-refractivity contribution in [3.05, 3.63) is 24.3 Å². The number of phosphoric ester groups is 1. The lowest BCUT2D eigenvalue weighted by atomic mass is 9.85. The van der Waals surface area contributed by atoms with E-state index in [-0.39, 0.29) is 13.0 Å². The van der Waals surface area contributed by atoms with Crippen molar-refractivity contribution in [3.8, 4) is 0 Å². The van der Waals surface area contributed by atoms with Crippen LogP contribution in [0.4, 0.5) is 0 Å². The van der Waals surface area contributed by atoms with Crippen molar-refractivity contribution >= 4 is 13.8 Å². The Morgan fingerprint density at radius 1 is 0.544 bits per heavy atom. The van der Waals surface area contributed by atoms with Gasteiger partial charge in [0.1, 0.15) is 42.7 Å². The third kappa shape index (κ3) is 28.1. The van der Waals surface area contributed by atoms with Crippen LogP contribution in [0.3, 0.4) is 0 Å². The number of allylic oxidation sites excluding steroid dienone is 4. The second-order valence-electron chi connectivity index (χ2n) is 15.9. The summed E-state index contributed by atoms with van der Waals surface area (Å²) in [6.45, 7) is 4.20. The number of ether oxygens (including phenoxy) is 2. The fourth-order valence-electron chi connectivity index (χ4n) is 6.86. The Kier molecular flexibility index (Phi) is 33.6. The van der Waals surface area contributed by atoms with Gasteiger partial charge in [0.15, 0.2) is 0 Å². The van der Waals surface area contributed by atoms with Gasteiger partial charge in [0.25, 0.3) is 0 Å². The molecular formula is C44H83O12P. The number of hydrogen-bond donors (Lipinski definition) is 6. The highest BCUT2D eigenvalue weighted by molar-refractivity contribution is 7.47. The van der Waals surface area contributed by atoms with E-state index >= 15 is 0 Å². The van der Waals surface area contributed by atoms with Crippen molar-refractivity contribution in [1.29, 1.82) is 0 Å². The van der Waals surface area contributed by atoms with Crippen LogP contribution in [0.15, 0.2) is 24.3 Å². The quantitative estimate of drug-likeness (QED) is 0.0150. The molecule has 0 aliphatic heterocycles. The highest BCUT2D eigenvalue weighted by atomic mass is 31.2. The maximum Gasteiger partial charge on any atom is 0.472 e. The summed E-state index contributed by atoms with van der Waals surface area (Å²) in [6, 6.07) is 0. The number of carbonyl (C=O) groups excluding carboxylic acids is 1. The first-order valence-electron chi connectivity index (χ1n) is 22.7. The maximum absolute atomic E-state index is 12.8. The number of aliphatic hydroxyl groups is 5. The van der Waals surface area contributed by atoms with Crippen LogP contribution in [0, 0.1) is 0 Å². The Bertz CT molecular complexity index is 1040. The monoisotopic (exact) mass is 835 g/mol. The standard InChI is InChI=1S/C44H83O12P/c1-3-5-7-9-11-13-15-17-18-19-20-21-22-23-25-27-29-31-33-38(45)55-37(35-53-34-32-30-28-26-24-16-14-12-10-8-6-4-2)36-54-57(51,52)56-44-42(49)40(47)39(46)41(48)43(44)50/h10,12,18-19,37,39-44,46-50H,3-9,11,13-17,20-36H2,1-2H3,(H,51,52)/b12-10-,19-18-. The van der Waals surface area contributed by atoms with Gasteiger partial charge < -0.3 is 39.9 Å². The topological polar surface area (TPSA) is 192 Å². The first-order chi connectivity index (χ1) is 27.5. The number of rotatable bonds is 38. The molecule has 1 fully saturated rings. The number of carbonyl (C=O) groups is 1.